The molecule has 0 saturated carbocycles. The normalized spacial score (nSPS) is 11.8. The van der Waals surface area contributed by atoms with Gasteiger partial charge < -0.3 is 9.80 Å². The summed E-state index contributed by atoms with van der Waals surface area (Å²) in [6, 6.07) is 0. The summed E-state index contributed by atoms with van der Waals surface area (Å²) in [7, 11) is 8.12. The maximum absolute atomic E-state index is 5.57. The minimum atomic E-state index is 0. The molecule has 0 aliphatic carbocycles. The van der Waals surface area contributed by atoms with Gasteiger partial charge in [0.05, 0.1) is 0 Å². The summed E-state index contributed by atoms with van der Waals surface area (Å²) in [6.07, 6.45) is 0. The van der Waals surface area contributed by atoms with Crippen LogP contribution in [0, 0.1) is 5.92 Å². The fourth-order valence-corrected chi connectivity index (χ4v) is 1.28. The summed E-state index contributed by atoms with van der Waals surface area (Å²) in [6.45, 7) is 4.21. The van der Waals surface area contributed by atoms with Crippen LogP contribution >= 0.6 is 35.6 Å². The topological polar surface area (TPSA) is 6.48 Å². The van der Waals surface area contributed by atoms with Crippen molar-refractivity contribution in [2.45, 2.75) is 6.92 Å². The predicted octanol–water partition coefficient (Wildman–Crippen LogP) is 2.63. The van der Waals surface area contributed by atoms with Crippen molar-refractivity contribution in [2.75, 3.05) is 53.0 Å². The molecule has 0 aliphatic rings. The smallest absolute Gasteiger partial charge is 0.0350 e. The molecule has 0 bridgehead atoms. The fourth-order valence-electron chi connectivity index (χ4n) is 0.841. The van der Waals surface area contributed by atoms with Gasteiger partial charge in [-0.05, 0) is 34.1 Å². The molecule has 0 aromatic carbocycles. The number of rotatable bonds is 5. The SMILES string of the molecule is CC(CCl)CN(C)C.CN(C)CCCl.Cl. The average molecular weight is 280 g/mol. The molecule has 0 aromatic heterocycles. The second-order valence-corrected chi connectivity index (χ2v) is 4.70. The van der Waals surface area contributed by atoms with Crippen LogP contribution in [0.25, 0.3) is 0 Å². The van der Waals surface area contributed by atoms with Gasteiger partial charge in [0.25, 0.3) is 0 Å². The standard InChI is InChI=1S/C6H14ClN.C4H10ClN.ClH/c1-6(4-7)5-8(2)3;1-6(2)4-3-5;/h6H,4-5H2,1-3H3;3-4H2,1-2H3;1H. The molecule has 0 N–H and O–H groups in total. The number of hydrogen-bond donors (Lipinski definition) is 0. The minimum Gasteiger partial charge on any atom is -0.309 e. The number of alkyl halides is 2. The second kappa shape index (κ2) is 14.8. The maximum Gasteiger partial charge on any atom is 0.0350 e. The molecule has 1 unspecified atom stereocenters. The lowest BCUT2D eigenvalue weighted by molar-refractivity contribution is 0.356. The lowest BCUT2D eigenvalue weighted by atomic mass is 10.2. The van der Waals surface area contributed by atoms with Crippen LogP contribution in [0.2, 0.25) is 0 Å². The molecule has 0 amide bonds. The summed E-state index contributed by atoms with van der Waals surface area (Å²) in [4.78, 5) is 4.19. The molecule has 0 aliphatic heterocycles. The molecule has 0 radical (unpaired) electrons. The van der Waals surface area contributed by atoms with E-state index in [1.165, 1.54) is 0 Å². The summed E-state index contributed by atoms with van der Waals surface area (Å²) in [5.41, 5.74) is 0. The molecule has 15 heavy (non-hydrogen) atoms. The Balaban J connectivity index is -0.000000187. The van der Waals surface area contributed by atoms with E-state index in [0.717, 1.165) is 24.8 Å². The van der Waals surface area contributed by atoms with Gasteiger partial charge >= 0.3 is 0 Å². The third-order valence-electron chi connectivity index (χ3n) is 1.47. The highest BCUT2D eigenvalue weighted by molar-refractivity contribution is 6.18. The van der Waals surface area contributed by atoms with E-state index >= 15 is 0 Å². The zero-order valence-electron chi connectivity index (χ0n) is 10.5. The van der Waals surface area contributed by atoms with Gasteiger partial charge in [0.1, 0.15) is 0 Å². The Morgan fingerprint density at radius 1 is 1.00 bits per heavy atom. The first kappa shape index (κ1) is 21.1. The number of halogens is 3. The van der Waals surface area contributed by atoms with Crippen LogP contribution in [0.3, 0.4) is 0 Å². The monoisotopic (exact) mass is 278 g/mol. The second-order valence-electron chi connectivity index (χ2n) is 4.01. The molecule has 2 nitrogen and oxygen atoms in total. The summed E-state index contributed by atoms with van der Waals surface area (Å²) in [5, 5.41) is 0. The Bertz CT molecular complexity index is 111. The highest BCUT2D eigenvalue weighted by atomic mass is 35.5. The van der Waals surface area contributed by atoms with Crippen LogP contribution in [-0.2, 0) is 0 Å². The van der Waals surface area contributed by atoms with Crippen LogP contribution in [0.5, 0.6) is 0 Å². The zero-order chi connectivity index (χ0) is 11.6. The van der Waals surface area contributed by atoms with Crippen LogP contribution in [-0.4, -0.2) is 62.8 Å². The van der Waals surface area contributed by atoms with Crippen molar-refractivity contribution >= 4 is 35.6 Å². The van der Waals surface area contributed by atoms with Crippen molar-refractivity contribution in [3.05, 3.63) is 0 Å². The van der Waals surface area contributed by atoms with E-state index in [2.05, 4.69) is 25.9 Å². The van der Waals surface area contributed by atoms with Crippen LogP contribution in [0.15, 0.2) is 0 Å². The predicted molar refractivity (Wildman–Crippen MR) is 75.0 cm³/mol. The Labute approximate surface area is 111 Å². The van der Waals surface area contributed by atoms with Crippen LogP contribution in [0.4, 0.5) is 0 Å². The van der Waals surface area contributed by atoms with Crippen molar-refractivity contribution < 1.29 is 0 Å². The molecule has 0 spiro atoms. The highest BCUT2D eigenvalue weighted by Crippen LogP contribution is 1.97. The zero-order valence-corrected chi connectivity index (χ0v) is 12.8. The summed E-state index contributed by atoms with van der Waals surface area (Å²) < 4.78 is 0. The quantitative estimate of drug-likeness (QED) is 0.714. The van der Waals surface area contributed by atoms with Gasteiger partial charge in [0.15, 0.2) is 0 Å². The lowest BCUT2D eigenvalue weighted by Gasteiger charge is -2.13. The fraction of sp³-hybridized carbons (Fsp3) is 1.00. The van der Waals surface area contributed by atoms with Gasteiger partial charge in [-0.2, -0.15) is 0 Å². The van der Waals surface area contributed by atoms with Crippen molar-refractivity contribution in [3.63, 3.8) is 0 Å². The molecule has 96 valence electrons. The Kier molecular flexibility index (Phi) is 20.8. The Morgan fingerprint density at radius 2 is 1.47 bits per heavy atom. The minimum absolute atomic E-state index is 0. The van der Waals surface area contributed by atoms with E-state index in [1.807, 2.05) is 19.0 Å². The first-order valence-electron chi connectivity index (χ1n) is 4.85. The number of nitrogens with zero attached hydrogens (tertiary/aromatic N) is 2. The largest absolute Gasteiger partial charge is 0.309 e. The van der Waals surface area contributed by atoms with Crippen LogP contribution < -0.4 is 0 Å². The summed E-state index contributed by atoms with van der Waals surface area (Å²) in [5.74, 6) is 2.11. The first-order valence-corrected chi connectivity index (χ1v) is 5.92. The summed E-state index contributed by atoms with van der Waals surface area (Å²) >= 11 is 10.9. The third-order valence-corrected chi connectivity index (χ3v) is 2.17. The van der Waals surface area contributed by atoms with Gasteiger partial charge in [-0.25, -0.2) is 0 Å². The molecule has 0 rings (SSSR count). The molecular weight excluding hydrogens is 254 g/mol. The molecule has 1 atom stereocenters. The van der Waals surface area contributed by atoms with E-state index in [-0.39, 0.29) is 12.4 Å². The first-order chi connectivity index (χ1) is 6.43. The molecule has 0 saturated heterocycles. The van der Waals surface area contributed by atoms with Gasteiger partial charge in [-0.15, -0.1) is 35.6 Å². The van der Waals surface area contributed by atoms with Crippen molar-refractivity contribution in [1.82, 2.24) is 9.80 Å². The van der Waals surface area contributed by atoms with Crippen LogP contribution in [0.1, 0.15) is 6.92 Å². The molecule has 5 heteroatoms. The van der Waals surface area contributed by atoms with Gasteiger partial charge in [0, 0.05) is 24.8 Å². The van der Waals surface area contributed by atoms with Crippen molar-refractivity contribution in [1.29, 1.82) is 0 Å². The van der Waals surface area contributed by atoms with E-state index in [1.54, 1.807) is 0 Å². The average Bonchev–Trinajstić information content (AvgIpc) is 2.03. The molecule has 0 fully saturated rings. The maximum atomic E-state index is 5.57. The van der Waals surface area contributed by atoms with Crippen molar-refractivity contribution in [3.8, 4) is 0 Å². The van der Waals surface area contributed by atoms with E-state index in [0.29, 0.717) is 5.92 Å². The van der Waals surface area contributed by atoms with Gasteiger partial charge in [-0.1, -0.05) is 6.92 Å². The third kappa shape index (κ3) is 25.2. The number of hydrogen-bond acceptors (Lipinski definition) is 2. The van der Waals surface area contributed by atoms with Gasteiger partial charge in [0.2, 0.25) is 0 Å². The highest BCUT2D eigenvalue weighted by Gasteiger charge is 1.98. The Hall–Kier alpha value is 0.790. The molecule has 0 heterocycles. The van der Waals surface area contributed by atoms with E-state index in [4.69, 9.17) is 23.2 Å². The lowest BCUT2D eigenvalue weighted by Crippen LogP contribution is -2.20. The van der Waals surface area contributed by atoms with Crippen molar-refractivity contribution in [2.24, 2.45) is 5.92 Å². The molecular formula is C10H25Cl3N2. The van der Waals surface area contributed by atoms with E-state index in [9.17, 15) is 0 Å². The molecule has 0 aromatic rings. The van der Waals surface area contributed by atoms with E-state index < -0.39 is 0 Å². The Morgan fingerprint density at radius 3 is 1.53 bits per heavy atom. The van der Waals surface area contributed by atoms with Gasteiger partial charge in [-0.3, -0.25) is 0 Å².